The summed E-state index contributed by atoms with van der Waals surface area (Å²) in [7, 11) is -3.29. The van der Waals surface area contributed by atoms with Gasteiger partial charge in [-0.25, -0.2) is 8.42 Å². The van der Waals surface area contributed by atoms with E-state index < -0.39 is 10.0 Å². The quantitative estimate of drug-likeness (QED) is 0.802. The highest BCUT2D eigenvalue weighted by Gasteiger charge is 2.37. The highest BCUT2D eigenvalue weighted by atomic mass is 32.2. The van der Waals surface area contributed by atoms with Crippen molar-refractivity contribution in [3.8, 4) is 0 Å². The number of nitrogens with one attached hydrogen (secondary N) is 1. The molecule has 0 radical (unpaired) electrons. The van der Waals surface area contributed by atoms with Crippen molar-refractivity contribution in [1.82, 2.24) is 9.62 Å². The second-order valence-corrected chi connectivity index (χ2v) is 7.76. The summed E-state index contributed by atoms with van der Waals surface area (Å²) in [5.74, 6) is 0. The monoisotopic (exact) mass is 302 g/mol. The van der Waals surface area contributed by atoms with Gasteiger partial charge < -0.3 is 5.32 Å². The molecule has 1 fully saturated rings. The summed E-state index contributed by atoms with van der Waals surface area (Å²) in [5.41, 5.74) is 0. The zero-order chi connectivity index (χ0) is 13.9. The van der Waals surface area contributed by atoms with Gasteiger partial charge in [-0.1, -0.05) is 13.8 Å². The Morgan fingerprint density at radius 3 is 2.74 bits per heavy atom. The van der Waals surface area contributed by atoms with Gasteiger partial charge in [0.25, 0.3) is 0 Å². The zero-order valence-corrected chi connectivity index (χ0v) is 13.2. The van der Waals surface area contributed by atoms with Gasteiger partial charge >= 0.3 is 0 Å². The van der Waals surface area contributed by atoms with E-state index in [1.54, 1.807) is 9.69 Å². The fourth-order valence-corrected chi connectivity index (χ4v) is 5.06. The van der Waals surface area contributed by atoms with Crippen LogP contribution in [0.1, 0.15) is 38.0 Å². The fourth-order valence-electron chi connectivity index (χ4n) is 2.05. The number of nitrogens with zero attached hydrogens (tertiary/aromatic N) is 1. The topological polar surface area (TPSA) is 49.4 Å². The Morgan fingerprint density at radius 2 is 2.16 bits per heavy atom. The predicted octanol–water partition coefficient (Wildman–Crippen LogP) is 2.42. The molecular weight excluding hydrogens is 280 g/mol. The predicted molar refractivity (Wildman–Crippen MR) is 78.9 cm³/mol. The highest BCUT2D eigenvalue weighted by molar-refractivity contribution is 7.89. The van der Waals surface area contributed by atoms with Crippen molar-refractivity contribution in [1.29, 1.82) is 0 Å². The van der Waals surface area contributed by atoms with E-state index in [4.69, 9.17) is 0 Å². The number of hydrogen-bond acceptors (Lipinski definition) is 4. The summed E-state index contributed by atoms with van der Waals surface area (Å²) >= 11 is 1.52. The molecule has 1 aromatic rings. The molecule has 6 heteroatoms. The average molecular weight is 302 g/mol. The van der Waals surface area contributed by atoms with Gasteiger partial charge in [-0.2, -0.15) is 4.31 Å². The zero-order valence-electron chi connectivity index (χ0n) is 11.6. The molecule has 0 unspecified atom stereocenters. The maximum absolute atomic E-state index is 12.6. The minimum Gasteiger partial charge on any atom is -0.312 e. The average Bonchev–Trinajstić information content (AvgIpc) is 3.10. The molecule has 0 amide bonds. The van der Waals surface area contributed by atoms with Crippen molar-refractivity contribution in [3.63, 3.8) is 0 Å². The molecule has 0 aliphatic heterocycles. The van der Waals surface area contributed by atoms with Gasteiger partial charge in [-0.15, -0.1) is 11.3 Å². The number of sulfonamides is 1. The molecule has 0 saturated heterocycles. The third kappa shape index (κ3) is 3.56. The Morgan fingerprint density at radius 1 is 1.42 bits per heavy atom. The summed E-state index contributed by atoms with van der Waals surface area (Å²) in [5, 5.41) is 4.99. The molecule has 0 aromatic carbocycles. The molecule has 0 atom stereocenters. The number of thiophene rings is 1. The van der Waals surface area contributed by atoms with Crippen LogP contribution in [0.5, 0.6) is 0 Å². The van der Waals surface area contributed by atoms with E-state index in [0.29, 0.717) is 11.4 Å². The van der Waals surface area contributed by atoms with E-state index in [1.807, 2.05) is 19.9 Å². The molecule has 108 valence electrons. The maximum atomic E-state index is 12.6. The van der Waals surface area contributed by atoms with Crippen molar-refractivity contribution >= 4 is 21.4 Å². The van der Waals surface area contributed by atoms with E-state index >= 15 is 0 Å². The molecule has 1 saturated carbocycles. The van der Waals surface area contributed by atoms with Crippen molar-refractivity contribution in [3.05, 3.63) is 16.3 Å². The minimum atomic E-state index is -3.29. The second-order valence-electron chi connectivity index (χ2n) is 4.88. The Kier molecular flexibility index (Phi) is 5.00. The van der Waals surface area contributed by atoms with Crippen molar-refractivity contribution in [2.75, 3.05) is 13.1 Å². The normalized spacial score (nSPS) is 16.2. The van der Waals surface area contributed by atoms with Gasteiger partial charge in [0.15, 0.2) is 0 Å². The third-order valence-corrected chi connectivity index (χ3v) is 6.20. The van der Waals surface area contributed by atoms with Gasteiger partial charge in [0.1, 0.15) is 0 Å². The minimum absolute atomic E-state index is 0.238. The molecular formula is C13H22N2O2S2. The van der Waals surface area contributed by atoms with E-state index in [1.165, 1.54) is 11.3 Å². The van der Waals surface area contributed by atoms with Crippen LogP contribution in [0.4, 0.5) is 0 Å². The largest absolute Gasteiger partial charge is 0.312 e. The third-order valence-electron chi connectivity index (χ3n) is 3.18. The van der Waals surface area contributed by atoms with E-state index in [0.717, 1.165) is 37.2 Å². The Balaban J connectivity index is 2.15. The summed E-state index contributed by atoms with van der Waals surface area (Å²) in [6.07, 6.45) is 2.88. The standard InChI is InChI=1S/C13H22N2O2S2/c1-3-7-15(11-5-6-11)19(16,17)13-8-12(18-10-13)9-14-4-2/h8,10-11,14H,3-7,9H2,1-2H3. The molecule has 1 aliphatic carbocycles. The SMILES string of the molecule is CCCN(C1CC1)S(=O)(=O)c1csc(CNCC)c1. The van der Waals surface area contributed by atoms with Crippen LogP contribution >= 0.6 is 11.3 Å². The number of rotatable bonds is 8. The molecule has 1 aliphatic rings. The van der Waals surface area contributed by atoms with Crippen LogP contribution in [0, 0.1) is 0 Å². The smallest absolute Gasteiger partial charge is 0.244 e. The first-order chi connectivity index (χ1) is 9.09. The van der Waals surface area contributed by atoms with Crippen LogP contribution in [0.2, 0.25) is 0 Å². The Hall–Kier alpha value is -0.430. The van der Waals surface area contributed by atoms with Gasteiger partial charge in [0, 0.05) is 29.4 Å². The first-order valence-electron chi connectivity index (χ1n) is 6.89. The van der Waals surface area contributed by atoms with Crippen LogP contribution in [0.25, 0.3) is 0 Å². The Bertz CT molecular complexity index is 506. The molecule has 2 rings (SSSR count). The van der Waals surface area contributed by atoms with Gasteiger partial charge in [-0.05, 0) is 31.9 Å². The van der Waals surface area contributed by atoms with E-state index in [2.05, 4.69) is 5.32 Å². The lowest BCUT2D eigenvalue weighted by atomic mass is 10.4. The summed E-state index contributed by atoms with van der Waals surface area (Å²) in [6, 6.07) is 2.05. The highest BCUT2D eigenvalue weighted by Crippen LogP contribution is 2.33. The summed E-state index contributed by atoms with van der Waals surface area (Å²) in [4.78, 5) is 1.54. The molecule has 1 heterocycles. The summed E-state index contributed by atoms with van der Waals surface area (Å²) < 4.78 is 26.9. The van der Waals surface area contributed by atoms with Crippen LogP contribution in [-0.2, 0) is 16.6 Å². The van der Waals surface area contributed by atoms with Crippen molar-refractivity contribution in [2.45, 2.75) is 50.6 Å². The molecule has 0 bridgehead atoms. The Labute approximate surface area is 119 Å². The van der Waals surface area contributed by atoms with Crippen LogP contribution in [-0.4, -0.2) is 31.9 Å². The first kappa shape index (κ1) is 15.0. The van der Waals surface area contributed by atoms with Crippen LogP contribution in [0.3, 0.4) is 0 Å². The second kappa shape index (κ2) is 6.35. The lowest BCUT2D eigenvalue weighted by Crippen LogP contribution is -2.33. The van der Waals surface area contributed by atoms with Crippen LogP contribution < -0.4 is 5.32 Å². The molecule has 1 aromatic heterocycles. The van der Waals surface area contributed by atoms with Gasteiger partial charge in [-0.3, -0.25) is 0 Å². The van der Waals surface area contributed by atoms with Crippen molar-refractivity contribution in [2.24, 2.45) is 0 Å². The van der Waals surface area contributed by atoms with Gasteiger partial charge in [0.05, 0.1) is 4.90 Å². The lowest BCUT2D eigenvalue weighted by Gasteiger charge is -2.20. The lowest BCUT2D eigenvalue weighted by molar-refractivity contribution is 0.403. The fraction of sp³-hybridized carbons (Fsp3) is 0.692. The maximum Gasteiger partial charge on any atom is 0.244 e. The van der Waals surface area contributed by atoms with Crippen LogP contribution in [0.15, 0.2) is 16.3 Å². The molecule has 0 spiro atoms. The molecule has 1 N–H and O–H groups in total. The number of hydrogen-bond donors (Lipinski definition) is 1. The van der Waals surface area contributed by atoms with Crippen molar-refractivity contribution < 1.29 is 8.42 Å². The van der Waals surface area contributed by atoms with E-state index in [-0.39, 0.29) is 6.04 Å². The van der Waals surface area contributed by atoms with Gasteiger partial charge in [0.2, 0.25) is 10.0 Å². The van der Waals surface area contributed by atoms with E-state index in [9.17, 15) is 8.42 Å². The molecule has 19 heavy (non-hydrogen) atoms. The molecule has 4 nitrogen and oxygen atoms in total. The first-order valence-corrected chi connectivity index (χ1v) is 9.21. The summed E-state index contributed by atoms with van der Waals surface area (Å²) in [6.45, 7) is 6.33.